The van der Waals surface area contributed by atoms with E-state index in [0.717, 1.165) is 31.7 Å². The highest BCUT2D eigenvalue weighted by Crippen LogP contribution is 2.17. The lowest BCUT2D eigenvalue weighted by molar-refractivity contribution is -0.159. The zero-order chi connectivity index (χ0) is 20.2. The molecule has 0 radical (unpaired) electrons. The second kappa shape index (κ2) is 12.1. The third-order valence-electron chi connectivity index (χ3n) is 4.83. The average molecular weight is 390 g/mol. The topological polar surface area (TPSA) is 99.4 Å². The van der Waals surface area contributed by atoms with Gasteiger partial charge in [0.2, 0.25) is 0 Å². The number of aliphatic imine (C=N–C) groups is 1. The van der Waals surface area contributed by atoms with Gasteiger partial charge in [0, 0.05) is 18.8 Å². The molecule has 2 aliphatic rings. The van der Waals surface area contributed by atoms with E-state index in [2.05, 4.69) is 34.2 Å². The van der Waals surface area contributed by atoms with Gasteiger partial charge in [-0.3, -0.25) is 4.99 Å². The summed E-state index contributed by atoms with van der Waals surface area (Å²) in [6.45, 7) is 5.53. The van der Waals surface area contributed by atoms with Crippen LogP contribution in [0.4, 0.5) is 0 Å². The lowest BCUT2D eigenvalue weighted by atomic mass is 10.0. The van der Waals surface area contributed by atoms with Crippen LogP contribution in [0, 0.1) is 0 Å². The molecule has 1 aromatic carbocycles. The zero-order valence-corrected chi connectivity index (χ0v) is 16.3. The molecule has 7 nitrogen and oxygen atoms in total. The second-order valence-corrected chi connectivity index (χ2v) is 7.02. The molecule has 154 valence electrons. The first-order chi connectivity index (χ1) is 13.6. The van der Waals surface area contributed by atoms with Crippen molar-refractivity contribution in [1.82, 2.24) is 4.90 Å². The maximum absolute atomic E-state index is 9.10. The molecule has 0 spiro atoms. The SMILES string of the molecule is O=C(O)C(=O)O.c1cc(C2=NCCCC2)ccc1OCCCN1CCCCC1. The number of carbonyl (C=O) groups is 2. The summed E-state index contributed by atoms with van der Waals surface area (Å²) in [5, 5.41) is 14.8. The van der Waals surface area contributed by atoms with Gasteiger partial charge in [-0.15, -0.1) is 0 Å². The number of carboxylic acid groups (broad SMARTS) is 2. The smallest absolute Gasteiger partial charge is 0.414 e. The first-order valence-corrected chi connectivity index (χ1v) is 10.0. The normalized spacial score (nSPS) is 17.1. The standard InChI is InChI=1S/C19H28N2O.C2H2O4/c1-4-13-21(14-5-1)15-6-16-22-18-10-8-17(9-11-18)19-7-2-3-12-20-19;3-1(4)2(5)6/h8-11H,1-7,12-16H2;(H,3,4)(H,5,6). The van der Waals surface area contributed by atoms with Gasteiger partial charge in [-0.2, -0.15) is 0 Å². The van der Waals surface area contributed by atoms with Crippen molar-refractivity contribution in [3.05, 3.63) is 29.8 Å². The van der Waals surface area contributed by atoms with Crippen LogP contribution in [0.5, 0.6) is 5.75 Å². The predicted molar refractivity (Wildman–Crippen MR) is 107 cm³/mol. The van der Waals surface area contributed by atoms with E-state index in [-0.39, 0.29) is 0 Å². The minimum absolute atomic E-state index is 0.816. The number of hydrogen-bond donors (Lipinski definition) is 2. The third kappa shape index (κ3) is 8.08. The maximum atomic E-state index is 9.10. The number of carboxylic acids is 2. The van der Waals surface area contributed by atoms with Crippen molar-refractivity contribution in [2.75, 3.05) is 32.8 Å². The molecule has 2 heterocycles. The van der Waals surface area contributed by atoms with Crippen LogP contribution in [-0.4, -0.2) is 65.5 Å². The van der Waals surface area contributed by atoms with Gasteiger partial charge in [0.1, 0.15) is 5.75 Å². The monoisotopic (exact) mass is 390 g/mol. The fourth-order valence-corrected chi connectivity index (χ4v) is 3.34. The van der Waals surface area contributed by atoms with Crippen molar-refractivity contribution in [3.63, 3.8) is 0 Å². The Bertz CT molecular complexity index is 639. The Morgan fingerprint density at radius 3 is 2.21 bits per heavy atom. The zero-order valence-electron chi connectivity index (χ0n) is 16.3. The summed E-state index contributed by atoms with van der Waals surface area (Å²) >= 11 is 0. The van der Waals surface area contributed by atoms with E-state index >= 15 is 0 Å². The molecule has 0 atom stereocenters. The number of rotatable bonds is 6. The first kappa shape index (κ1) is 21.9. The van der Waals surface area contributed by atoms with E-state index in [1.165, 1.54) is 63.0 Å². The minimum atomic E-state index is -1.82. The van der Waals surface area contributed by atoms with E-state index in [4.69, 9.17) is 24.5 Å². The highest BCUT2D eigenvalue weighted by Gasteiger charge is 2.10. The molecule has 2 N–H and O–H groups in total. The fraction of sp³-hybridized carbons (Fsp3) is 0.571. The van der Waals surface area contributed by atoms with Crippen molar-refractivity contribution in [1.29, 1.82) is 0 Å². The molecule has 1 aromatic rings. The van der Waals surface area contributed by atoms with Gasteiger partial charge in [0.05, 0.1) is 6.61 Å². The number of piperidine rings is 1. The summed E-state index contributed by atoms with van der Waals surface area (Å²) in [4.78, 5) is 25.4. The predicted octanol–water partition coefficient (Wildman–Crippen LogP) is 3.07. The average Bonchev–Trinajstić information content (AvgIpc) is 2.73. The second-order valence-electron chi connectivity index (χ2n) is 7.02. The quantitative estimate of drug-likeness (QED) is 0.572. The molecular weight excluding hydrogens is 360 g/mol. The Labute approximate surface area is 166 Å². The van der Waals surface area contributed by atoms with E-state index in [9.17, 15) is 0 Å². The van der Waals surface area contributed by atoms with Gasteiger partial charge in [-0.05, 0) is 81.4 Å². The van der Waals surface area contributed by atoms with Crippen molar-refractivity contribution >= 4 is 17.7 Å². The van der Waals surface area contributed by atoms with E-state index in [0.29, 0.717) is 0 Å². The molecule has 0 saturated carbocycles. The van der Waals surface area contributed by atoms with Crippen LogP contribution in [0.15, 0.2) is 29.3 Å². The summed E-state index contributed by atoms with van der Waals surface area (Å²) in [6.07, 6.45) is 8.89. The lowest BCUT2D eigenvalue weighted by Crippen LogP contribution is -2.31. The molecule has 0 unspecified atom stereocenters. The molecule has 7 heteroatoms. The summed E-state index contributed by atoms with van der Waals surface area (Å²) in [6, 6.07) is 8.49. The first-order valence-electron chi connectivity index (χ1n) is 10.0. The Kier molecular flexibility index (Phi) is 9.48. The highest BCUT2D eigenvalue weighted by atomic mass is 16.5. The van der Waals surface area contributed by atoms with Gasteiger partial charge in [-0.1, -0.05) is 6.42 Å². The van der Waals surface area contributed by atoms with Crippen LogP contribution in [0.1, 0.15) is 50.5 Å². The Hall–Kier alpha value is -2.41. The van der Waals surface area contributed by atoms with Gasteiger partial charge < -0.3 is 19.8 Å². The molecule has 0 aliphatic carbocycles. The van der Waals surface area contributed by atoms with Gasteiger partial charge in [-0.25, -0.2) is 9.59 Å². The van der Waals surface area contributed by atoms with E-state index in [1.54, 1.807) is 0 Å². The van der Waals surface area contributed by atoms with Gasteiger partial charge in [0.15, 0.2) is 0 Å². The summed E-state index contributed by atoms with van der Waals surface area (Å²) in [5.41, 5.74) is 2.53. The van der Waals surface area contributed by atoms with E-state index < -0.39 is 11.9 Å². The molecule has 2 aliphatic heterocycles. The molecular formula is C21H30N2O5. The van der Waals surface area contributed by atoms with Crippen molar-refractivity contribution in [2.45, 2.75) is 44.9 Å². The number of hydrogen-bond acceptors (Lipinski definition) is 5. The van der Waals surface area contributed by atoms with Crippen LogP contribution in [0.3, 0.4) is 0 Å². The van der Waals surface area contributed by atoms with Crippen LogP contribution >= 0.6 is 0 Å². The Morgan fingerprint density at radius 1 is 0.964 bits per heavy atom. The fourth-order valence-electron chi connectivity index (χ4n) is 3.34. The Balaban J connectivity index is 0.000000409. The van der Waals surface area contributed by atoms with Gasteiger partial charge in [0.25, 0.3) is 0 Å². The summed E-state index contributed by atoms with van der Waals surface area (Å²) < 4.78 is 5.87. The molecule has 1 saturated heterocycles. The molecule has 0 amide bonds. The third-order valence-corrected chi connectivity index (χ3v) is 4.83. The number of aliphatic carboxylic acids is 2. The number of benzene rings is 1. The summed E-state index contributed by atoms with van der Waals surface area (Å²) in [5.74, 6) is -2.66. The Morgan fingerprint density at radius 2 is 1.64 bits per heavy atom. The number of ether oxygens (including phenoxy) is 1. The number of nitrogens with zero attached hydrogens (tertiary/aromatic N) is 2. The van der Waals surface area contributed by atoms with Crippen LogP contribution < -0.4 is 4.74 Å². The lowest BCUT2D eigenvalue weighted by Gasteiger charge is -2.26. The molecule has 3 rings (SSSR count). The molecule has 0 aromatic heterocycles. The maximum Gasteiger partial charge on any atom is 0.414 e. The molecule has 28 heavy (non-hydrogen) atoms. The minimum Gasteiger partial charge on any atom is -0.494 e. The number of likely N-dealkylation sites (tertiary alicyclic amines) is 1. The van der Waals surface area contributed by atoms with Crippen LogP contribution in [-0.2, 0) is 9.59 Å². The molecule has 1 fully saturated rings. The van der Waals surface area contributed by atoms with E-state index in [1.807, 2.05) is 0 Å². The summed E-state index contributed by atoms with van der Waals surface area (Å²) in [7, 11) is 0. The molecule has 0 bridgehead atoms. The van der Waals surface area contributed by atoms with Crippen LogP contribution in [0.25, 0.3) is 0 Å². The van der Waals surface area contributed by atoms with Gasteiger partial charge >= 0.3 is 11.9 Å². The largest absolute Gasteiger partial charge is 0.494 e. The van der Waals surface area contributed by atoms with Crippen molar-refractivity contribution < 1.29 is 24.5 Å². The highest BCUT2D eigenvalue weighted by molar-refractivity contribution is 6.27. The van der Waals surface area contributed by atoms with Crippen LogP contribution in [0.2, 0.25) is 0 Å². The van der Waals surface area contributed by atoms with Crippen molar-refractivity contribution in [3.8, 4) is 5.75 Å². The van der Waals surface area contributed by atoms with Crippen molar-refractivity contribution in [2.24, 2.45) is 4.99 Å².